The Morgan fingerprint density at radius 1 is 0.952 bits per heavy atom. The number of hydrogen-bond donors (Lipinski definition) is 1. The molecule has 0 aliphatic carbocycles. The summed E-state index contributed by atoms with van der Waals surface area (Å²) in [5.41, 5.74) is 5.24. The van der Waals surface area contributed by atoms with Crippen molar-refractivity contribution in [1.29, 1.82) is 0 Å². The Morgan fingerprint density at radius 2 is 1.67 bits per heavy atom. The summed E-state index contributed by atoms with van der Waals surface area (Å²) in [4.78, 5) is 2.08. The fourth-order valence-electron chi connectivity index (χ4n) is 2.31. The molecule has 0 spiro atoms. The van der Waals surface area contributed by atoms with E-state index in [1.54, 1.807) is 0 Å². The van der Waals surface area contributed by atoms with Gasteiger partial charge in [0.1, 0.15) is 0 Å². The Kier molecular flexibility index (Phi) is 3.67. The van der Waals surface area contributed by atoms with Crippen LogP contribution >= 0.6 is 11.6 Å². The highest BCUT2D eigenvalue weighted by Gasteiger charge is 2.12. The van der Waals surface area contributed by atoms with Crippen molar-refractivity contribution < 1.29 is 0 Å². The fourth-order valence-corrected chi connectivity index (χ4v) is 2.54. The number of H-pyrrole nitrogens is 1. The maximum atomic E-state index is 6.29. The molecule has 0 amide bonds. The molecule has 4 heteroatoms. The van der Waals surface area contributed by atoms with Gasteiger partial charge in [-0.25, -0.2) is 0 Å². The van der Waals surface area contributed by atoms with Crippen molar-refractivity contribution in [2.75, 3.05) is 19.0 Å². The summed E-state index contributed by atoms with van der Waals surface area (Å²) in [5, 5.41) is 7.95. The van der Waals surface area contributed by atoms with E-state index in [2.05, 4.69) is 39.4 Å². The Labute approximate surface area is 129 Å². The van der Waals surface area contributed by atoms with Gasteiger partial charge in [-0.2, -0.15) is 5.10 Å². The monoisotopic (exact) mass is 297 g/mol. The van der Waals surface area contributed by atoms with Crippen LogP contribution in [-0.2, 0) is 0 Å². The Balaban J connectivity index is 2.05. The molecular weight excluding hydrogens is 282 g/mol. The molecule has 0 bridgehead atoms. The maximum absolute atomic E-state index is 6.29. The molecule has 0 saturated heterocycles. The van der Waals surface area contributed by atoms with Crippen molar-refractivity contribution in [2.24, 2.45) is 0 Å². The lowest BCUT2D eigenvalue weighted by atomic mass is 10.0. The van der Waals surface area contributed by atoms with Crippen molar-refractivity contribution in [2.45, 2.75) is 0 Å². The third-order valence-corrected chi connectivity index (χ3v) is 3.81. The zero-order valence-electron chi connectivity index (χ0n) is 12.0. The number of anilines is 1. The van der Waals surface area contributed by atoms with Crippen molar-refractivity contribution >= 4 is 17.3 Å². The van der Waals surface area contributed by atoms with Gasteiger partial charge in [0.05, 0.1) is 11.9 Å². The molecule has 0 radical (unpaired) electrons. The van der Waals surface area contributed by atoms with Gasteiger partial charge in [-0.15, -0.1) is 0 Å². The number of aromatic amines is 1. The van der Waals surface area contributed by atoms with E-state index in [0.29, 0.717) is 5.02 Å². The van der Waals surface area contributed by atoms with E-state index < -0.39 is 0 Å². The molecule has 0 fully saturated rings. The van der Waals surface area contributed by atoms with Crippen molar-refractivity contribution in [1.82, 2.24) is 10.2 Å². The molecule has 1 heterocycles. The summed E-state index contributed by atoms with van der Waals surface area (Å²) in [6.45, 7) is 0. The molecular formula is C17H16ClN3. The Bertz CT molecular complexity index is 745. The molecule has 0 saturated carbocycles. The zero-order valence-corrected chi connectivity index (χ0v) is 12.7. The number of rotatable bonds is 3. The molecule has 21 heavy (non-hydrogen) atoms. The largest absolute Gasteiger partial charge is 0.378 e. The van der Waals surface area contributed by atoms with E-state index in [9.17, 15) is 0 Å². The van der Waals surface area contributed by atoms with Gasteiger partial charge in [-0.3, -0.25) is 5.10 Å². The van der Waals surface area contributed by atoms with Crippen molar-refractivity contribution in [3.05, 3.63) is 59.8 Å². The minimum atomic E-state index is 0.716. The molecule has 3 aromatic rings. The third-order valence-electron chi connectivity index (χ3n) is 3.48. The average Bonchev–Trinajstić information content (AvgIpc) is 2.97. The summed E-state index contributed by atoms with van der Waals surface area (Å²) >= 11 is 6.29. The van der Waals surface area contributed by atoms with E-state index in [-0.39, 0.29) is 0 Å². The smallest absolute Gasteiger partial charge is 0.0743 e. The summed E-state index contributed by atoms with van der Waals surface area (Å²) in [7, 11) is 4.06. The average molecular weight is 298 g/mol. The molecule has 106 valence electrons. The highest BCUT2D eigenvalue weighted by Crippen LogP contribution is 2.34. The standard InChI is InChI=1S/C17H16ClN3/c1-21(2)13-9-7-12(8-10-13)15-11-19-20-17(15)14-5-3-4-6-16(14)18/h3-11H,1-2H3,(H,19,20). The van der Waals surface area contributed by atoms with E-state index in [1.165, 1.54) is 5.69 Å². The molecule has 3 rings (SSSR count). The van der Waals surface area contributed by atoms with Crippen LogP contribution in [0.3, 0.4) is 0 Å². The van der Waals surface area contributed by atoms with Gasteiger partial charge < -0.3 is 4.90 Å². The second kappa shape index (κ2) is 5.62. The van der Waals surface area contributed by atoms with Gasteiger partial charge in [0, 0.05) is 35.9 Å². The van der Waals surface area contributed by atoms with Crippen LogP contribution in [0.15, 0.2) is 54.7 Å². The van der Waals surface area contributed by atoms with Crippen LogP contribution in [0.4, 0.5) is 5.69 Å². The fraction of sp³-hybridized carbons (Fsp3) is 0.118. The first kappa shape index (κ1) is 13.7. The van der Waals surface area contributed by atoms with Gasteiger partial charge in [0.2, 0.25) is 0 Å². The Morgan fingerprint density at radius 3 is 2.33 bits per heavy atom. The summed E-state index contributed by atoms with van der Waals surface area (Å²) < 4.78 is 0. The van der Waals surface area contributed by atoms with Gasteiger partial charge in [0.15, 0.2) is 0 Å². The lowest BCUT2D eigenvalue weighted by Crippen LogP contribution is -2.07. The number of nitrogens with zero attached hydrogens (tertiary/aromatic N) is 2. The van der Waals surface area contributed by atoms with Crippen molar-refractivity contribution in [3.8, 4) is 22.4 Å². The van der Waals surface area contributed by atoms with Crippen LogP contribution in [0.25, 0.3) is 22.4 Å². The van der Waals surface area contributed by atoms with Crippen LogP contribution < -0.4 is 4.90 Å². The second-order valence-corrected chi connectivity index (χ2v) is 5.49. The highest BCUT2D eigenvalue weighted by atomic mass is 35.5. The molecule has 0 aliphatic heterocycles. The number of aromatic nitrogens is 2. The summed E-state index contributed by atoms with van der Waals surface area (Å²) in [5.74, 6) is 0. The van der Waals surface area contributed by atoms with E-state index in [4.69, 9.17) is 11.6 Å². The van der Waals surface area contributed by atoms with Crippen LogP contribution in [-0.4, -0.2) is 24.3 Å². The van der Waals surface area contributed by atoms with Gasteiger partial charge >= 0.3 is 0 Å². The van der Waals surface area contributed by atoms with Crippen LogP contribution in [0.5, 0.6) is 0 Å². The normalized spacial score (nSPS) is 10.6. The Hall–Kier alpha value is -2.26. The number of halogens is 1. The minimum absolute atomic E-state index is 0.716. The van der Waals surface area contributed by atoms with Crippen LogP contribution in [0.2, 0.25) is 5.02 Å². The summed E-state index contributed by atoms with van der Waals surface area (Å²) in [6, 6.07) is 16.2. The molecule has 0 atom stereocenters. The first-order valence-corrected chi connectivity index (χ1v) is 7.10. The number of nitrogens with one attached hydrogen (secondary N) is 1. The topological polar surface area (TPSA) is 31.9 Å². The minimum Gasteiger partial charge on any atom is -0.378 e. The number of hydrogen-bond acceptors (Lipinski definition) is 2. The summed E-state index contributed by atoms with van der Waals surface area (Å²) in [6.07, 6.45) is 1.84. The van der Waals surface area contributed by atoms with Crippen LogP contribution in [0.1, 0.15) is 0 Å². The quantitative estimate of drug-likeness (QED) is 0.774. The lowest BCUT2D eigenvalue weighted by molar-refractivity contribution is 1.10. The zero-order chi connectivity index (χ0) is 14.8. The second-order valence-electron chi connectivity index (χ2n) is 5.08. The SMILES string of the molecule is CN(C)c1ccc(-c2cn[nH]c2-c2ccccc2Cl)cc1. The predicted octanol–water partition coefficient (Wildman–Crippen LogP) is 4.46. The molecule has 0 unspecified atom stereocenters. The predicted molar refractivity (Wildman–Crippen MR) is 88.8 cm³/mol. The molecule has 1 aromatic heterocycles. The first-order valence-electron chi connectivity index (χ1n) is 6.73. The van der Waals surface area contributed by atoms with E-state index in [1.807, 2.05) is 44.6 Å². The van der Waals surface area contributed by atoms with Crippen LogP contribution in [0, 0.1) is 0 Å². The van der Waals surface area contributed by atoms with Gasteiger partial charge in [-0.1, -0.05) is 41.9 Å². The lowest BCUT2D eigenvalue weighted by Gasteiger charge is -2.13. The van der Waals surface area contributed by atoms with Gasteiger partial charge in [-0.05, 0) is 23.8 Å². The van der Waals surface area contributed by atoms with E-state index >= 15 is 0 Å². The maximum Gasteiger partial charge on any atom is 0.0743 e. The molecule has 3 nitrogen and oxygen atoms in total. The molecule has 2 aromatic carbocycles. The van der Waals surface area contributed by atoms with Crippen molar-refractivity contribution in [3.63, 3.8) is 0 Å². The molecule has 1 N–H and O–H groups in total. The molecule has 0 aliphatic rings. The number of benzene rings is 2. The van der Waals surface area contributed by atoms with E-state index in [0.717, 1.165) is 22.4 Å². The third kappa shape index (κ3) is 2.65. The van der Waals surface area contributed by atoms with Gasteiger partial charge in [0.25, 0.3) is 0 Å². The highest BCUT2D eigenvalue weighted by molar-refractivity contribution is 6.33. The first-order chi connectivity index (χ1) is 10.2.